The number of hydrogen-bond donors (Lipinski definition) is 1. The van der Waals surface area contributed by atoms with Gasteiger partial charge in [-0.25, -0.2) is 9.59 Å². The third kappa shape index (κ3) is 3.26. The number of nitrogens with one attached hydrogen (secondary N) is 1. The van der Waals surface area contributed by atoms with E-state index in [0.29, 0.717) is 39.1 Å². The molecule has 8 heteroatoms. The maximum atomic E-state index is 12.6. The Morgan fingerprint density at radius 3 is 2.48 bits per heavy atom. The van der Waals surface area contributed by atoms with Crippen molar-refractivity contribution in [2.75, 3.05) is 26.2 Å². The molecule has 3 saturated heterocycles. The van der Waals surface area contributed by atoms with Crippen LogP contribution in [-0.4, -0.2) is 71.3 Å². The highest BCUT2D eigenvalue weighted by Crippen LogP contribution is 2.31. The Balaban J connectivity index is 1.60. The number of rotatable bonds is 2. The van der Waals surface area contributed by atoms with Crippen molar-refractivity contribution in [2.24, 2.45) is 0 Å². The summed E-state index contributed by atoms with van der Waals surface area (Å²) in [5.41, 5.74) is -1.44. The van der Waals surface area contributed by atoms with Crippen LogP contribution in [0.4, 0.5) is 9.59 Å². The average Bonchev–Trinajstić information content (AvgIpc) is 3.23. The van der Waals surface area contributed by atoms with Crippen molar-refractivity contribution in [3.05, 3.63) is 0 Å². The number of ether oxygens (including phenoxy) is 2. The van der Waals surface area contributed by atoms with Crippen LogP contribution in [0.3, 0.4) is 0 Å². The van der Waals surface area contributed by atoms with Gasteiger partial charge >= 0.3 is 12.1 Å². The van der Waals surface area contributed by atoms with Crippen LogP contribution >= 0.6 is 0 Å². The van der Waals surface area contributed by atoms with Gasteiger partial charge in [0.25, 0.3) is 5.91 Å². The lowest BCUT2D eigenvalue weighted by Crippen LogP contribution is -2.56. The fourth-order valence-electron chi connectivity index (χ4n) is 2.96. The quantitative estimate of drug-likeness (QED) is 0.596. The van der Waals surface area contributed by atoms with Crippen LogP contribution in [0, 0.1) is 0 Å². The number of imide groups is 1. The van der Waals surface area contributed by atoms with E-state index in [0.717, 1.165) is 0 Å². The summed E-state index contributed by atoms with van der Waals surface area (Å²) in [6, 6.07) is -0.365. The monoisotopic (exact) mass is 325 g/mol. The molecular formula is C15H23N3O5. The molecule has 0 bridgehead atoms. The van der Waals surface area contributed by atoms with Crippen molar-refractivity contribution < 1.29 is 23.9 Å². The van der Waals surface area contributed by atoms with Gasteiger partial charge < -0.3 is 19.7 Å². The highest BCUT2D eigenvalue weighted by Gasteiger charge is 2.53. The van der Waals surface area contributed by atoms with E-state index < -0.39 is 11.1 Å². The third-order valence-electron chi connectivity index (χ3n) is 4.30. The molecule has 1 spiro atoms. The van der Waals surface area contributed by atoms with Crippen molar-refractivity contribution >= 4 is 18.0 Å². The van der Waals surface area contributed by atoms with Gasteiger partial charge in [0.15, 0.2) is 0 Å². The minimum absolute atomic E-state index is 0.0262. The van der Waals surface area contributed by atoms with E-state index in [-0.39, 0.29) is 24.1 Å². The molecule has 3 aliphatic rings. The molecule has 128 valence electrons. The Labute approximate surface area is 135 Å². The second-order valence-corrected chi connectivity index (χ2v) is 7.35. The van der Waals surface area contributed by atoms with Gasteiger partial charge in [-0.1, -0.05) is 0 Å². The standard InChI is InChI=1S/C15H23N3O5/c1-14(2,3)23-13(21)17-6-4-15(5-7-17)11(19)18(12(20)16-15)8-10-9-22-10/h10H,4-9H2,1-3H3,(H,16,20). The highest BCUT2D eigenvalue weighted by atomic mass is 16.6. The number of hydrogen-bond acceptors (Lipinski definition) is 5. The maximum Gasteiger partial charge on any atom is 0.410 e. The van der Waals surface area contributed by atoms with Crippen molar-refractivity contribution in [1.29, 1.82) is 0 Å². The number of nitrogens with zero attached hydrogens (tertiary/aromatic N) is 2. The van der Waals surface area contributed by atoms with Crippen molar-refractivity contribution in [2.45, 2.75) is 50.9 Å². The molecule has 1 N–H and O–H groups in total. The molecule has 0 aromatic carbocycles. The topological polar surface area (TPSA) is 91.5 Å². The average molecular weight is 325 g/mol. The second-order valence-electron chi connectivity index (χ2n) is 7.35. The first-order valence-electron chi connectivity index (χ1n) is 7.94. The summed E-state index contributed by atoms with van der Waals surface area (Å²) in [6.45, 7) is 7.11. The smallest absolute Gasteiger partial charge is 0.410 e. The number of carbonyl (C=O) groups excluding carboxylic acids is 3. The van der Waals surface area contributed by atoms with Crippen LogP contribution in [-0.2, 0) is 14.3 Å². The van der Waals surface area contributed by atoms with E-state index in [1.807, 2.05) is 20.8 Å². The number of urea groups is 1. The first-order chi connectivity index (χ1) is 10.7. The zero-order valence-corrected chi connectivity index (χ0v) is 13.8. The largest absolute Gasteiger partial charge is 0.444 e. The Hall–Kier alpha value is -1.83. The summed E-state index contributed by atoms with van der Waals surface area (Å²) in [5.74, 6) is -0.207. The maximum absolute atomic E-state index is 12.6. The third-order valence-corrected chi connectivity index (χ3v) is 4.30. The van der Waals surface area contributed by atoms with E-state index in [2.05, 4.69) is 5.32 Å². The molecule has 4 amide bonds. The van der Waals surface area contributed by atoms with Crippen LogP contribution in [0.5, 0.6) is 0 Å². The van der Waals surface area contributed by atoms with Crippen LogP contribution in [0.25, 0.3) is 0 Å². The van der Waals surface area contributed by atoms with E-state index in [1.165, 1.54) is 4.90 Å². The van der Waals surface area contributed by atoms with E-state index in [1.54, 1.807) is 4.90 Å². The molecule has 23 heavy (non-hydrogen) atoms. The lowest BCUT2D eigenvalue weighted by molar-refractivity contribution is -0.133. The Kier molecular flexibility index (Phi) is 3.74. The minimum atomic E-state index is -0.884. The fraction of sp³-hybridized carbons (Fsp3) is 0.800. The van der Waals surface area contributed by atoms with Gasteiger partial charge in [0.05, 0.1) is 19.3 Å². The number of likely N-dealkylation sites (tertiary alicyclic amines) is 1. The molecule has 0 saturated carbocycles. The summed E-state index contributed by atoms with van der Waals surface area (Å²) in [6.07, 6.45) is 0.395. The molecule has 1 atom stereocenters. The fourth-order valence-corrected chi connectivity index (χ4v) is 2.96. The van der Waals surface area contributed by atoms with Gasteiger partial charge in [0.1, 0.15) is 11.1 Å². The van der Waals surface area contributed by atoms with E-state index >= 15 is 0 Å². The van der Waals surface area contributed by atoms with E-state index in [9.17, 15) is 14.4 Å². The molecule has 1 unspecified atom stereocenters. The summed E-state index contributed by atoms with van der Waals surface area (Å²) >= 11 is 0. The molecule has 0 aliphatic carbocycles. The molecular weight excluding hydrogens is 302 g/mol. The second kappa shape index (κ2) is 5.36. The van der Waals surface area contributed by atoms with Gasteiger partial charge in [-0.05, 0) is 33.6 Å². The van der Waals surface area contributed by atoms with Crippen molar-refractivity contribution in [3.63, 3.8) is 0 Å². The molecule has 0 radical (unpaired) electrons. The Morgan fingerprint density at radius 1 is 1.35 bits per heavy atom. The zero-order valence-electron chi connectivity index (χ0n) is 13.8. The predicted molar refractivity (Wildman–Crippen MR) is 79.8 cm³/mol. The van der Waals surface area contributed by atoms with Crippen LogP contribution in [0.2, 0.25) is 0 Å². The normalized spacial score (nSPS) is 26.5. The molecule has 3 rings (SSSR count). The number of carbonyl (C=O) groups is 3. The lowest BCUT2D eigenvalue weighted by Gasteiger charge is -2.37. The lowest BCUT2D eigenvalue weighted by atomic mass is 9.87. The van der Waals surface area contributed by atoms with Crippen LogP contribution in [0.15, 0.2) is 0 Å². The molecule has 0 aromatic rings. The summed E-state index contributed by atoms with van der Waals surface area (Å²) < 4.78 is 10.4. The molecule has 3 fully saturated rings. The van der Waals surface area contributed by atoms with Crippen LogP contribution < -0.4 is 5.32 Å². The SMILES string of the molecule is CC(C)(C)OC(=O)N1CCC2(CC1)NC(=O)N(CC1CO1)C2=O. The summed E-state index contributed by atoms with van der Waals surface area (Å²) in [5, 5.41) is 2.81. The van der Waals surface area contributed by atoms with Crippen molar-refractivity contribution in [3.8, 4) is 0 Å². The molecule has 3 aliphatic heterocycles. The van der Waals surface area contributed by atoms with Gasteiger partial charge in [0, 0.05) is 13.1 Å². The number of epoxide rings is 1. The number of amides is 4. The molecule has 0 aromatic heterocycles. The first kappa shape index (κ1) is 16.0. The minimum Gasteiger partial charge on any atom is -0.444 e. The van der Waals surface area contributed by atoms with Gasteiger partial charge in [-0.2, -0.15) is 0 Å². The molecule has 8 nitrogen and oxygen atoms in total. The number of piperidine rings is 1. The van der Waals surface area contributed by atoms with Gasteiger partial charge in [-0.3, -0.25) is 9.69 Å². The zero-order chi connectivity index (χ0) is 16.8. The van der Waals surface area contributed by atoms with E-state index in [4.69, 9.17) is 9.47 Å². The Bertz CT molecular complexity index is 530. The first-order valence-corrected chi connectivity index (χ1v) is 7.94. The predicted octanol–water partition coefficient (Wildman–Crippen LogP) is 0.707. The summed E-state index contributed by atoms with van der Waals surface area (Å²) in [4.78, 5) is 39.6. The van der Waals surface area contributed by atoms with Crippen molar-refractivity contribution in [1.82, 2.24) is 15.1 Å². The molecule has 3 heterocycles. The van der Waals surface area contributed by atoms with Gasteiger partial charge in [-0.15, -0.1) is 0 Å². The highest BCUT2D eigenvalue weighted by molar-refractivity contribution is 6.07. The van der Waals surface area contributed by atoms with Crippen LogP contribution in [0.1, 0.15) is 33.6 Å². The Morgan fingerprint density at radius 2 is 1.96 bits per heavy atom. The summed E-state index contributed by atoms with van der Waals surface area (Å²) in [7, 11) is 0. The van der Waals surface area contributed by atoms with Gasteiger partial charge in [0.2, 0.25) is 0 Å².